The highest BCUT2D eigenvalue weighted by molar-refractivity contribution is 9.11. The third-order valence-electron chi connectivity index (χ3n) is 1.67. The van der Waals surface area contributed by atoms with E-state index in [-0.39, 0.29) is 18.7 Å². The standard InChI is InChI=1S/C8H13BrN2OS/c1-5(4-12)11-6(2)8-10-3-7(9)13-8/h3,5-6,11-12H,4H2,1-2H3/t5-,6?/m1/s1. The fraction of sp³-hybridized carbons (Fsp3) is 0.625. The van der Waals surface area contributed by atoms with Gasteiger partial charge in [-0.3, -0.25) is 0 Å². The number of hydrogen-bond acceptors (Lipinski definition) is 4. The monoisotopic (exact) mass is 264 g/mol. The Morgan fingerprint density at radius 3 is 2.85 bits per heavy atom. The van der Waals surface area contributed by atoms with E-state index in [4.69, 9.17) is 5.11 Å². The van der Waals surface area contributed by atoms with Crippen LogP contribution in [0.4, 0.5) is 0 Å². The number of aliphatic hydroxyl groups is 1. The largest absolute Gasteiger partial charge is 0.395 e. The highest BCUT2D eigenvalue weighted by atomic mass is 79.9. The van der Waals surface area contributed by atoms with Crippen molar-refractivity contribution in [1.82, 2.24) is 10.3 Å². The Kier molecular flexibility index (Phi) is 4.31. The summed E-state index contributed by atoms with van der Waals surface area (Å²) in [6.45, 7) is 4.13. The van der Waals surface area contributed by atoms with Gasteiger partial charge in [0.05, 0.1) is 22.6 Å². The van der Waals surface area contributed by atoms with Crippen molar-refractivity contribution in [2.75, 3.05) is 6.61 Å². The Morgan fingerprint density at radius 2 is 2.38 bits per heavy atom. The van der Waals surface area contributed by atoms with E-state index >= 15 is 0 Å². The summed E-state index contributed by atoms with van der Waals surface area (Å²) in [7, 11) is 0. The van der Waals surface area contributed by atoms with Crippen molar-refractivity contribution < 1.29 is 5.11 Å². The van der Waals surface area contributed by atoms with Crippen LogP contribution in [0, 0.1) is 0 Å². The van der Waals surface area contributed by atoms with Crippen LogP contribution in [0.3, 0.4) is 0 Å². The van der Waals surface area contributed by atoms with Crippen LogP contribution in [0.25, 0.3) is 0 Å². The Balaban J connectivity index is 2.53. The summed E-state index contributed by atoms with van der Waals surface area (Å²) in [5.41, 5.74) is 0. The molecule has 0 spiro atoms. The van der Waals surface area contributed by atoms with Crippen LogP contribution >= 0.6 is 27.3 Å². The van der Waals surface area contributed by atoms with Gasteiger partial charge in [-0.2, -0.15) is 0 Å². The van der Waals surface area contributed by atoms with Gasteiger partial charge in [-0.15, -0.1) is 11.3 Å². The molecular formula is C8H13BrN2OS. The quantitative estimate of drug-likeness (QED) is 0.874. The highest BCUT2D eigenvalue weighted by Crippen LogP contribution is 2.24. The molecule has 1 heterocycles. The first kappa shape index (κ1) is 11.1. The number of aromatic nitrogens is 1. The molecule has 0 bridgehead atoms. The summed E-state index contributed by atoms with van der Waals surface area (Å²) in [5.74, 6) is 0. The molecule has 0 amide bonds. The third-order valence-corrected chi connectivity index (χ3v) is 3.33. The second-order valence-electron chi connectivity index (χ2n) is 2.97. The predicted molar refractivity (Wildman–Crippen MR) is 57.9 cm³/mol. The fourth-order valence-electron chi connectivity index (χ4n) is 1.02. The molecule has 1 unspecified atom stereocenters. The predicted octanol–water partition coefficient (Wildman–Crippen LogP) is 1.94. The molecule has 0 aliphatic carbocycles. The van der Waals surface area contributed by atoms with E-state index in [1.165, 1.54) is 0 Å². The maximum absolute atomic E-state index is 8.85. The van der Waals surface area contributed by atoms with Crippen molar-refractivity contribution in [1.29, 1.82) is 0 Å². The van der Waals surface area contributed by atoms with Crippen LogP contribution in [0.1, 0.15) is 24.9 Å². The zero-order valence-corrected chi connectivity index (χ0v) is 10.0. The van der Waals surface area contributed by atoms with Crippen molar-refractivity contribution in [3.63, 3.8) is 0 Å². The smallest absolute Gasteiger partial charge is 0.110 e. The van der Waals surface area contributed by atoms with Gasteiger partial charge in [0, 0.05) is 6.04 Å². The number of thiazole rings is 1. The second kappa shape index (κ2) is 5.05. The zero-order valence-electron chi connectivity index (χ0n) is 7.62. The van der Waals surface area contributed by atoms with Gasteiger partial charge in [0.15, 0.2) is 0 Å². The molecule has 0 aromatic carbocycles. The minimum absolute atomic E-state index is 0.109. The first-order chi connectivity index (χ1) is 6.13. The first-order valence-electron chi connectivity index (χ1n) is 4.11. The number of rotatable bonds is 4. The first-order valence-corrected chi connectivity index (χ1v) is 5.72. The fourth-order valence-corrected chi connectivity index (χ4v) is 2.27. The van der Waals surface area contributed by atoms with Gasteiger partial charge in [0.2, 0.25) is 0 Å². The van der Waals surface area contributed by atoms with E-state index < -0.39 is 0 Å². The molecule has 2 N–H and O–H groups in total. The Labute approximate surface area is 90.3 Å². The van der Waals surface area contributed by atoms with E-state index in [1.807, 2.05) is 13.8 Å². The van der Waals surface area contributed by atoms with Gasteiger partial charge >= 0.3 is 0 Å². The molecule has 0 aliphatic rings. The molecule has 74 valence electrons. The zero-order chi connectivity index (χ0) is 9.84. The SMILES string of the molecule is CC(N[C@H](C)CO)c1ncc(Br)s1. The van der Waals surface area contributed by atoms with E-state index in [1.54, 1.807) is 17.5 Å². The lowest BCUT2D eigenvalue weighted by atomic mass is 10.3. The molecule has 0 fully saturated rings. The van der Waals surface area contributed by atoms with E-state index in [2.05, 4.69) is 26.2 Å². The number of nitrogens with zero attached hydrogens (tertiary/aromatic N) is 1. The normalized spacial score (nSPS) is 15.7. The summed E-state index contributed by atoms with van der Waals surface area (Å²) in [6, 6.07) is 0.302. The van der Waals surface area contributed by atoms with Crippen LogP contribution in [-0.2, 0) is 0 Å². The molecule has 0 radical (unpaired) electrons. The molecule has 3 nitrogen and oxygen atoms in total. The van der Waals surface area contributed by atoms with Gasteiger partial charge in [-0.05, 0) is 29.8 Å². The lowest BCUT2D eigenvalue weighted by Crippen LogP contribution is -2.31. The summed E-state index contributed by atoms with van der Waals surface area (Å²) >= 11 is 4.97. The van der Waals surface area contributed by atoms with Crippen LogP contribution in [0.2, 0.25) is 0 Å². The van der Waals surface area contributed by atoms with Gasteiger partial charge in [-0.25, -0.2) is 4.98 Å². The lowest BCUT2D eigenvalue weighted by molar-refractivity contribution is 0.243. The molecular weight excluding hydrogens is 252 g/mol. The number of nitrogens with one attached hydrogen (secondary N) is 1. The molecule has 1 aromatic rings. The number of hydrogen-bond donors (Lipinski definition) is 2. The van der Waals surface area contributed by atoms with E-state index in [9.17, 15) is 0 Å². The highest BCUT2D eigenvalue weighted by Gasteiger charge is 2.11. The van der Waals surface area contributed by atoms with Gasteiger partial charge in [0.1, 0.15) is 5.01 Å². The topological polar surface area (TPSA) is 45.1 Å². The number of aliphatic hydroxyl groups excluding tert-OH is 1. The minimum atomic E-state index is 0.109. The third kappa shape index (κ3) is 3.34. The molecule has 13 heavy (non-hydrogen) atoms. The molecule has 1 aromatic heterocycles. The molecule has 2 atom stereocenters. The van der Waals surface area contributed by atoms with Crippen molar-refractivity contribution in [3.05, 3.63) is 15.0 Å². The van der Waals surface area contributed by atoms with Crippen LogP contribution in [0.5, 0.6) is 0 Å². The lowest BCUT2D eigenvalue weighted by Gasteiger charge is -2.15. The van der Waals surface area contributed by atoms with Crippen LogP contribution in [-0.4, -0.2) is 22.7 Å². The average Bonchev–Trinajstić information content (AvgIpc) is 2.51. The van der Waals surface area contributed by atoms with Gasteiger partial charge in [-0.1, -0.05) is 0 Å². The minimum Gasteiger partial charge on any atom is -0.395 e. The summed E-state index contributed by atoms with van der Waals surface area (Å²) < 4.78 is 1.04. The van der Waals surface area contributed by atoms with Gasteiger partial charge < -0.3 is 10.4 Å². The molecule has 1 rings (SSSR count). The van der Waals surface area contributed by atoms with Crippen LogP contribution in [0.15, 0.2) is 9.98 Å². The Morgan fingerprint density at radius 1 is 1.69 bits per heavy atom. The van der Waals surface area contributed by atoms with E-state index in [0.717, 1.165) is 8.79 Å². The summed E-state index contributed by atoms with van der Waals surface area (Å²) in [4.78, 5) is 4.23. The maximum atomic E-state index is 8.85. The second-order valence-corrected chi connectivity index (χ2v) is 5.42. The molecule has 5 heteroatoms. The molecule has 0 saturated heterocycles. The molecule has 0 aliphatic heterocycles. The maximum Gasteiger partial charge on any atom is 0.110 e. The van der Waals surface area contributed by atoms with E-state index in [0.29, 0.717) is 0 Å². The summed E-state index contributed by atoms with van der Waals surface area (Å²) in [5, 5.41) is 13.1. The Hall–Kier alpha value is 0.0300. The average molecular weight is 265 g/mol. The van der Waals surface area contributed by atoms with Crippen molar-refractivity contribution in [2.24, 2.45) is 0 Å². The van der Waals surface area contributed by atoms with Crippen molar-refractivity contribution in [2.45, 2.75) is 25.9 Å². The van der Waals surface area contributed by atoms with Crippen molar-refractivity contribution in [3.8, 4) is 0 Å². The summed E-state index contributed by atoms with van der Waals surface area (Å²) in [6.07, 6.45) is 1.79. The van der Waals surface area contributed by atoms with Gasteiger partial charge in [0.25, 0.3) is 0 Å². The van der Waals surface area contributed by atoms with Crippen LogP contribution < -0.4 is 5.32 Å². The Bertz CT molecular complexity index is 266. The number of halogens is 1. The van der Waals surface area contributed by atoms with Crippen molar-refractivity contribution >= 4 is 27.3 Å². The molecule has 0 saturated carbocycles.